The van der Waals surface area contributed by atoms with E-state index >= 15 is 0 Å². The Morgan fingerprint density at radius 2 is 1.89 bits per heavy atom. The lowest BCUT2D eigenvalue weighted by atomic mass is 10.1. The van der Waals surface area contributed by atoms with Crippen molar-refractivity contribution in [2.75, 3.05) is 6.61 Å². The van der Waals surface area contributed by atoms with Crippen molar-refractivity contribution in [3.8, 4) is 11.8 Å². The SMILES string of the molecule is CCCCCC(=C/c1ccccc1)/C=N/NC(=O)COc1ccc(C#N)cc1. The first kappa shape index (κ1) is 20.9. The van der Waals surface area contributed by atoms with Gasteiger partial charge in [0.1, 0.15) is 5.75 Å². The van der Waals surface area contributed by atoms with Gasteiger partial charge in [-0.25, -0.2) is 5.43 Å². The van der Waals surface area contributed by atoms with E-state index in [1.807, 2.05) is 36.4 Å². The van der Waals surface area contributed by atoms with Crippen molar-refractivity contribution in [2.45, 2.75) is 32.6 Å². The third kappa shape index (κ3) is 7.88. The molecular weight excluding hydrogens is 350 g/mol. The molecule has 0 aliphatic heterocycles. The molecule has 28 heavy (non-hydrogen) atoms. The number of benzene rings is 2. The molecule has 2 aromatic rings. The smallest absolute Gasteiger partial charge is 0.277 e. The molecule has 0 saturated carbocycles. The van der Waals surface area contributed by atoms with Crippen LogP contribution in [0.1, 0.15) is 43.7 Å². The number of nitrogens with zero attached hydrogens (tertiary/aromatic N) is 2. The summed E-state index contributed by atoms with van der Waals surface area (Å²) in [5.74, 6) is 0.190. The number of unbranched alkanes of at least 4 members (excludes halogenated alkanes) is 2. The maximum absolute atomic E-state index is 11.9. The molecule has 5 heteroatoms. The van der Waals surface area contributed by atoms with E-state index < -0.39 is 0 Å². The van der Waals surface area contributed by atoms with Crippen molar-refractivity contribution < 1.29 is 9.53 Å². The minimum absolute atomic E-state index is 0.142. The number of hydrogen-bond donors (Lipinski definition) is 1. The molecule has 144 valence electrons. The third-order valence-electron chi connectivity index (χ3n) is 3.99. The van der Waals surface area contributed by atoms with Crippen molar-refractivity contribution in [3.05, 3.63) is 71.3 Å². The average Bonchev–Trinajstić information content (AvgIpc) is 2.73. The van der Waals surface area contributed by atoms with E-state index in [2.05, 4.69) is 23.5 Å². The molecule has 0 unspecified atom stereocenters. The number of allylic oxidation sites excluding steroid dienone is 1. The fourth-order valence-electron chi connectivity index (χ4n) is 2.51. The van der Waals surface area contributed by atoms with Gasteiger partial charge in [0.15, 0.2) is 6.61 Å². The van der Waals surface area contributed by atoms with Crippen molar-refractivity contribution >= 4 is 18.2 Å². The highest BCUT2D eigenvalue weighted by Gasteiger charge is 2.02. The van der Waals surface area contributed by atoms with Gasteiger partial charge in [0.05, 0.1) is 17.8 Å². The summed E-state index contributed by atoms with van der Waals surface area (Å²) in [6.45, 7) is 2.03. The Bertz CT molecular complexity index is 834. The molecule has 0 spiro atoms. The molecule has 0 fully saturated rings. The molecule has 0 aliphatic carbocycles. The predicted octanol–water partition coefficient (Wildman–Crippen LogP) is 4.70. The van der Waals surface area contributed by atoms with E-state index in [4.69, 9.17) is 10.00 Å². The van der Waals surface area contributed by atoms with Gasteiger partial charge in [-0.2, -0.15) is 10.4 Å². The second-order valence-corrected chi connectivity index (χ2v) is 6.31. The quantitative estimate of drug-likeness (QED) is 0.371. The van der Waals surface area contributed by atoms with Crippen LogP contribution in [0.2, 0.25) is 0 Å². The van der Waals surface area contributed by atoms with E-state index in [1.165, 1.54) is 0 Å². The number of nitrogens with one attached hydrogen (secondary N) is 1. The van der Waals surface area contributed by atoms with Gasteiger partial charge < -0.3 is 4.74 Å². The molecule has 5 nitrogen and oxygen atoms in total. The predicted molar refractivity (Wildman–Crippen MR) is 112 cm³/mol. The lowest BCUT2D eigenvalue weighted by Crippen LogP contribution is -2.24. The number of carbonyl (C=O) groups is 1. The van der Waals surface area contributed by atoms with Crippen LogP contribution in [-0.2, 0) is 4.79 Å². The molecule has 0 aromatic heterocycles. The van der Waals surface area contributed by atoms with Crippen LogP contribution in [0.4, 0.5) is 0 Å². The molecule has 1 amide bonds. The lowest BCUT2D eigenvalue weighted by Gasteiger charge is -2.05. The zero-order chi connectivity index (χ0) is 20.0. The fraction of sp³-hybridized carbons (Fsp3) is 0.261. The van der Waals surface area contributed by atoms with Crippen molar-refractivity contribution in [1.82, 2.24) is 5.43 Å². The summed E-state index contributed by atoms with van der Waals surface area (Å²) in [6.07, 6.45) is 8.07. The van der Waals surface area contributed by atoms with Crippen LogP contribution in [-0.4, -0.2) is 18.7 Å². The van der Waals surface area contributed by atoms with Gasteiger partial charge in [-0.1, -0.05) is 56.2 Å². The Labute approximate surface area is 166 Å². The van der Waals surface area contributed by atoms with Crippen molar-refractivity contribution in [3.63, 3.8) is 0 Å². The first-order valence-corrected chi connectivity index (χ1v) is 9.41. The normalized spacial score (nSPS) is 11.2. The Kier molecular flexibility index (Phi) is 9.02. The Hall–Kier alpha value is -3.39. The maximum Gasteiger partial charge on any atom is 0.277 e. The summed E-state index contributed by atoms with van der Waals surface area (Å²) in [6, 6.07) is 18.7. The third-order valence-corrected chi connectivity index (χ3v) is 3.99. The molecular formula is C23H25N3O2. The summed E-state index contributed by atoms with van der Waals surface area (Å²) in [7, 11) is 0. The average molecular weight is 375 g/mol. The second-order valence-electron chi connectivity index (χ2n) is 6.31. The monoisotopic (exact) mass is 375 g/mol. The van der Waals surface area contributed by atoms with Gasteiger partial charge in [0.25, 0.3) is 5.91 Å². The van der Waals surface area contributed by atoms with Gasteiger partial charge in [0, 0.05) is 0 Å². The highest BCUT2D eigenvalue weighted by molar-refractivity contribution is 5.87. The first-order chi connectivity index (χ1) is 13.7. The van der Waals surface area contributed by atoms with E-state index in [-0.39, 0.29) is 12.5 Å². The molecule has 2 rings (SSSR count). The zero-order valence-corrected chi connectivity index (χ0v) is 16.1. The molecule has 0 heterocycles. The van der Waals surface area contributed by atoms with Gasteiger partial charge in [-0.3, -0.25) is 4.79 Å². The molecule has 0 saturated heterocycles. The van der Waals surface area contributed by atoms with Crippen molar-refractivity contribution in [2.24, 2.45) is 5.10 Å². The topological polar surface area (TPSA) is 74.5 Å². The van der Waals surface area contributed by atoms with Crippen LogP contribution in [0.3, 0.4) is 0 Å². The number of hydrazone groups is 1. The Morgan fingerprint density at radius 1 is 1.14 bits per heavy atom. The van der Waals surface area contributed by atoms with Crippen LogP contribution in [0.15, 0.2) is 65.3 Å². The Morgan fingerprint density at radius 3 is 2.57 bits per heavy atom. The molecule has 0 aliphatic rings. The molecule has 0 radical (unpaired) electrons. The van der Waals surface area contributed by atoms with Gasteiger partial charge in [0.2, 0.25) is 0 Å². The van der Waals surface area contributed by atoms with Crippen LogP contribution in [0, 0.1) is 11.3 Å². The molecule has 2 aromatic carbocycles. The minimum Gasteiger partial charge on any atom is -0.484 e. The Balaban J connectivity index is 1.87. The van der Waals surface area contributed by atoms with Gasteiger partial charge in [-0.05, 0) is 48.2 Å². The van der Waals surface area contributed by atoms with E-state index in [0.717, 1.165) is 36.8 Å². The molecule has 1 N–H and O–H groups in total. The number of rotatable bonds is 10. The summed E-state index contributed by atoms with van der Waals surface area (Å²) >= 11 is 0. The van der Waals surface area contributed by atoms with Crippen LogP contribution >= 0.6 is 0 Å². The minimum atomic E-state index is -0.340. The van der Waals surface area contributed by atoms with Gasteiger partial charge in [-0.15, -0.1) is 0 Å². The van der Waals surface area contributed by atoms with Gasteiger partial charge >= 0.3 is 0 Å². The van der Waals surface area contributed by atoms with E-state index in [9.17, 15) is 4.79 Å². The highest BCUT2D eigenvalue weighted by Crippen LogP contribution is 2.13. The summed E-state index contributed by atoms with van der Waals surface area (Å²) in [4.78, 5) is 11.9. The molecule has 0 atom stereocenters. The number of hydrogen-bond acceptors (Lipinski definition) is 4. The number of ether oxygens (including phenoxy) is 1. The second kappa shape index (κ2) is 12.1. The molecule has 0 bridgehead atoms. The van der Waals surface area contributed by atoms with Crippen molar-refractivity contribution in [1.29, 1.82) is 5.26 Å². The zero-order valence-electron chi connectivity index (χ0n) is 16.1. The number of carbonyl (C=O) groups excluding carboxylic acids is 1. The first-order valence-electron chi connectivity index (χ1n) is 9.41. The van der Waals surface area contributed by atoms with Crippen LogP contribution in [0.5, 0.6) is 5.75 Å². The summed E-state index contributed by atoms with van der Waals surface area (Å²) in [5, 5.41) is 12.8. The van der Waals surface area contributed by atoms with E-state index in [1.54, 1.807) is 30.5 Å². The summed E-state index contributed by atoms with van der Waals surface area (Å²) in [5.41, 5.74) is 5.21. The lowest BCUT2D eigenvalue weighted by molar-refractivity contribution is -0.123. The number of nitriles is 1. The fourth-order valence-corrected chi connectivity index (χ4v) is 2.51. The van der Waals surface area contributed by atoms with E-state index in [0.29, 0.717) is 11.3 Å². The van der Waals surface area contributed by atoms with Crippen LogP contribution in [0.25, 0.3) is 6.08 Å². The number of amides is 1. The summed E-state index contributed by atoms with van der Waals surface area (Å²) < 4.78 is 5.39. The highest BCUT2D eigenvalue weighted by atomic mass is 16.5. The maximum atomic E-state index is 11.9. The standard InChI is InChI=1S/C23H25N3O2/c1-2-3-5-10-21(15-19-8-6-4-7-9-19)17-25-26-23(27)18-28-22-13-11-20(16-24)12-14-22/h4,6-9,11-15,17H,2-3,5,10,18H2,1H3,(H,26,27)/b21-15-,25-17+. The van der Waals surface area contributed by atoms with Crippen LogP contribution < -0.4 is 10.2 Å². The largest absolute Gasteiger partial charge is 0.484 e.